The number of Topliss-reactive ketones (excluding diaryl/α,β-unsaturated/α-hetero) is 1. The molecule has 61 heavy (non-hydrogen) atoms. The molecule has 2 aliphatic carbocycles. The maximum atomic E-state index is 13.0. The van der Waals surface area contributed by atoms with Crippen molar-refractivity contribution in [3.8, 4) is 11.3 Å². The van der Waals surface area contributed by atoms with Gasteiger partial charge >= 0.3 is 18.2 Å². The maximum absolute atomic E-state index is 13.0. The quantitative estimate of drug-likeness (QED) is 0.190. The number of aliphatic carboxylic acids is 1. The molecular formula is C46H60Br2N4O9. The van der Waals surface area contributed by atoms with E-state index in [9.17, 15) is 19.2 Å². The predicted molar refractivity (Wildman–Crippen MR) is 238 cm³/mol. The van der Waals surface area contributed by atoms with Crippen LogP contribution in [0, 0.1) is 10.8 Å². The summed E-state index contributed by atoms with van der Waals surface area (Å²) >= 11 is 6.98. The van der Waals surface area contributed by atoms with Gasteiger partial charge in [0.2, 0.25) is 5.78 Å². The van der Waals surface area contributed by atoms with Crippen molar-refractivity contribution in [3.63, 3.8) is 0 Å². The molecule has 13 nitrogen and oxygen atoms in total. The smallest absolute Gasteiger partial charge is 0.411 e. The lowest BCUT2D eigenvalue weighted by molar-refractivity contribution is -0.152. The van der Waals surface area contributed by atoms with Crippen molar-refractivity contribution in [1.29, 1.82) is 0 Å². The molecule has 2 amide bonds. The lowest BCUT2D eigenvalue weighted by Crippen LogP contribution is -2.46. The van der Waals surface area contributed by atoms with Crippen LogP contribution in [-0.4, -0.2) is 91.2 Å². The molecule has 3 atom stereocenters. The van der Waals surface area contributed by atoms with E-state index < -0.39 is 41.4 Å². The number of imidazole rings is 1. The van der Waals surface area contributed by atoms with Gasteiger partial charge in [-0.05, 0) is 132 Å². The van der Waals surface area contributed by atoms with Crippen molar-refractivity contribution < 1.29 is 43.3 Å². The van der Waals surface area contributed by atoms with Gasteiger partial charge in [0.25, 0.3) is 5.97 Å². The van der Waals surface area contributed by atoms with Gasteiger partial charge in [0.1, 0.15) is 23.1 Å². The van der Waals surface area contributed by atoms with E-state index in [1.807, 2.05) is 51.7 Å². The molecule has 3 aromatic rings. The molecular weight excluding hydrogens is 912 g/mol. The molecule has 4 aliphatic rings. The van der Waals surface area contributed by atoms with Crippen molar-refractivity contribution >= 4 is 61.8 Å². The summed E-state index contributed by atoms with van der Waals surface area (Å²) in [7, 11) is 0. The molecule has 0 saturated carbocycles. The number of aromatic amines is 1. The standard InChI is InChI=1S/C22H28BrN3O2.C22H28BrNO5.C2H4O2/c1-21(2,3)28-20(27)26-12-22(4,5)11-17(26)19-24-16-9-6-13-10-14(23)7-8-15(13)18(16)25-19;1-21(2,3)29-20(27)24-12-22(4,5)11-16(24)19(26)28-17-9-6-13-10-14(23)7-8-15(13)18(17)25;1-2(3)4/h7-8,10,17H,6,9,11-12H2,1-5H3,(H,24,25);7-8,10,16-17H,6,9,11-12H2,1-5H3;1H3,(H,3,4)/t17-;16-,17?;/m00./s1. The van der Waals surface area contributed by atoms with Crippen LogP contribution >= 0.6 is 31.9 Å². The number of likely N-dealkylation sites (tertiary alicyclic amines) is 2. The van der Waals surface area contributed by atoms with Crippen LogP contribution in [0.15, 0.2) is 45.3 Å². The van der Waals surface area contributed by atoms with Crippen molar-refractivity contribution in [2.45, 2.75) is 144 Å². The normalized spacial score (nSPS) is 21.1. The number of carbonyl (C=O) groups is 5. The molecule has 1 unspecified atom stereocenters. The van der Waals surface area contributed by atoms with Crippen LogP contribution in [0.5, 0.6) is 0 Å². The van der Waals surface area contributed by atoms with Gasteiger partial charge in [0.15, 0.2) is 6.10 Å². The number of esters is 1. The highest BCUT2D eigenvalue weighted by Crippen LogP contribution is 2.44. The van der Waals surface area contributed by atoms with Crippen LogP contribution in [-0.2, 0) is 43.1 Å². The fourth-order valence-electron chi connectivity index (χ4n) is 8.20. The van der Waals surface area contributed by atoms with Gasteiger partial charge in [-0.1, -0.05) is 65.6 Å². The minimum atomic E-state index is -0.833. The number of aromatic nitrogens is 2. The highest BCUT2D eigenvalue weighted by atomic mass is 79.9. The lowest BCUT2D eigenvalue weighted by atomic mass is 9.88. The molecule has 1 aromatic heterocycles. The largest absolute Gasteiger partial charge is 0.481 e. The van der Waals surface area contributed by atoms with Crippen molar-refractivity contribution in [3.05, 3.63) is 73.6 Å². The molecule has 2 aliphatic heterocycles. The Balaban J connectivity index is 0.000000212. The first-order valence-corrected chi connectivity index (χ1v) is 22.3. The summed E-state index contributed by atoms with van der Waals surface area (Å²) in [4.78, 5) is 72.1. The first kappa shape index (κ1) is 47.8. The number of aryl methyl sites for hydroxylation is 3. The van der Waals surface area contributed by atoms with E-state index in [1.165, 1.54) is 21.7 Å². The van der Waals surface area contributed by atoms with Gasteiger partial charge in [-0.25, -0.2) is 19.4 Å². The van der Waals surface area contributed by atoms with Crippen molar-refractivity contribution in [1.82, 2.24) is 19.8 Å². The number of nitrogens with one attached hydrogen (secondary N) is 1. The second kappa shape index (κ2) is 18.2. The summed E-state index contributed by atoms with van der Waals surface area (Å²) < 4.78 is 18.8. The van der Waals surface area contributed by atoms with Crippen LogP contribution in [0.3, 0.4) is 0 Å². The monoisotopic (exact) mass is 970 g/mol. The molecule has 2 fully saturated rings. The van der Waals surface area contributed by atoms with Crippen LogP contribution in [0.25, 0.3) is 11.3 Å². The summed E-state index contributed by atoms with van der Waals surface area (Å²) in [6, 6.07) is 11.0. The minimum Gasteiger partial charge on any atom is -0.481 e. The van der Waals surface area contributed by atoms with Gasteiger partial charge < -0.3 is 24.3 Å². The number of nitrogens with zero attached hydrogens (tertiary/aromatic N) is 3. The first-order chi connectivity index (χ1) is 28.1. The van der Waals surface area contributed by atoms with Crippen LogP contribution in [0.4, 0.5) is 9.59 Å². The number of carboxylic acids is 1. The molecule has 2 saturated heterocycles. The first-order valence-electron chi connectivity index (χ1n) is 20.7. The Bertz CT molecular complexity index is 2160. The van der Waals surface area contributed by atoms with Crippen LogP contribution < -0.4 is 0 Å². The number of ether oxygens (including phenoxy) is 3. The minimum absolute atomic E-state index is 0.0254. The van der Waals surface area contributed by atoms with Gasteiger partial charge in [0, 0.05) is 45.8 Å². The number of ketones is 1. The average Bonchev–Trinajstić information content (AvgIpc) is 3.80. The van der Waals surface area contributed by atoms with E-state index in [-0.39, 0.29) is 28.7 Å². The number of halogens is 2. The Hall–Kier alpha value is -4.24. The molecule has 332 valence electrons. The Morgan fingerprint density at radius 1 is 0.787 bits per heavy atom. The van der Waals surface area contributed by atoms with Gasteiger partial charge in [0.05, 0.1) is 11.7 Å². The zero-order valence-corrected chi connectivity index (χ0v) is 40.3. The van der Waals surface area contributed by atoms with Crippen molar-refractivity contribution in [2.24, 2.45) is 10.8 Å². The Morgan fingerprint density at radius 2 is 1.30 bits per heavy atom. The number of hydrogen-bond donors (Lipinski definition) is 2. The Labute approximate surface area is 375 Å². The van der Waals surface area contributed by atoms with Gasteiger partial charge in [-0.3, -0.25) is 19.4 Å². The summed E-state index contributed by atoms with van der Waals surface area (Å²) in [5.41, 5.74) is 4.86. The van der Waals surface area contributed by atoms with Crippen molar-refractivity contribution in [2.75, 3.05) is 13.1 Å². The SMILES string of the molecule is CC(=O)O.CC1(C)C[C@@H](C(=O)OC2CCc3cc(Br)ccc3C2=O)N(C(=O)OC(C)(C)C)C1.CC1(C)C[C@@H](c2nc3c([nH]2)CCc2cc(Br)ccc2-3)N(C(=O)OC(C)(C)C)C1. The highest BCUT2D eigenvalue weighted by molar-refractivity contribution is 9.10. The Kier molecular flexibility index (Phi) is 14.3. The molecule has 7 rings (SSSR count). The maximum Gasteiger partial charge on any atom is 0.411 e. The number of rotatable bonds is 3. The molecule has 0 bridgehead atoms. The predicted octanol–water partition coefficient (Wildman–Crippen LogP) is 10.3. The van der Waals surface area contributed by atoms with Gasteiger partial charge in [-0.2, -0.15) is 0 Å². The number of benzene rings is 2. The summed E-state index contributed by atoms with van der Waals surface area (Å²) in [6.07, 6.45) is 2.75. The molecule has 2 aromatic carbocycles. The second-order valence-electron chi connectivity index (χ2n) is 19.9. The highest BCUT2D eigenvalue weighted by Gasteiger charge is 2.48. The summed E-state index contributed by atoms with van der Waals surface area (Å²) in [5, 5.41) is 7.42. The number of amides is 2. The van der Waals surface area contributed by atoms with Crippen LogP contribution in [0.1, 0.15) is 134 Å². The fraction of sp³-hybridized carbons (Fsp3) is 0.565. The average molecular weight is 973 g/mol. The molecule has 0 spiro atoms. The number of hydrogen-bond acceptors (Lipinski definition) is 9. The second-order valence-corrected chi connectivity index (χ2v) is 21.7. The molecule has 15 heteroatoms. The number of fused-ring (bicyclic) bond motifs is 4. The summed E-state index contributed by atoms with van der Waals surface area (Å²) in [5.74, 6) is -0.689. The van der Waals surface area contributed by atoms with Crippen LogP contribution in [0.2, 0.25) is 0 Å². The third kappa shape index (κ3) is 12.5. The lowest BCUT2D eigenvalue weighted by Gasteiger charge is -2.29. The number of carbonyl (C=O) groups excluding carboxylic acids is 4. The zero-order chi connectivity index (χ0) is 45.4. The molecule has 3 heterocycles. The van der Waals surface area contributed by atoms with E-state index in [2.05, 4.69) is 68.9 Å². The number of carboxylic acid groups (broad SMARTS) is 1. The van der Waals surface area contributed by atoms with E-state index >= 15 is 0 Å². The molecule has 0 radical (unpaired) electrons. The Morgan fingerprint density at radius 3 is 1.87 bits per heavy atom. The zero-order valence-electron chi connectivity index (χ0n) is 37.2. The third-order valence-electron chi connectivity index (χ3n) is 10.6. The summed E-state index contributed by atoms with van der Waals surface area (Å²) in [6.45, 7) is 21.6. The van der Waals surface area contributed by atoms with Gasteiger partial charge in [-0.15, -0.1) is 0 Å². The van der Waals surface area contributed by atoms with E-state index in [4.69, 9.17) is 29.1 Å². The molecule has 2 N–H and O–H groups in total. The third-order valence-corrected chi connectivity index (χ3v) is 11.6. The van der Waals surface area contributed by atoms with E-state index in [0.29, 0.717) is 37.9 Å². The number of H-pyrrole nitrogens is 1. The van der Waals surface area contributed by atoms with E-state index in [1.54, 1.807) is 26.8 Å². The van der Waals surface area contributed by atoms with E-state index in [0.717, 1.165) is 52.2 Å². The topological polar surface area (TPSA) is 168 Å². The fourth-order valence-corrected chi connectivity index (χ4v) is 9.02.